The third-order valence-electron chi connectivity index (χ3n) is 3.87. The van der Waals surface area contributed by atoms with Crippen LogP contribution in [0.15, 0.2) is 4.99 Å². The molecule has 0 spiro atoms. The number of hydrogen-bond acceptors (Lipinski definition) is 3. The molecule has 1 aliphatic heterocycles. The van der Waals surface area contributed by atoms with Crippen molar-refractivity contribution in [2.45, 2.75) is 38.9 Å². The molecule has 0 radical (unpaired) electrons. The maximum Gasteiger partial charge on any atom is 0.375 e. The normalized spacial score (nSPS) is 18.0. The molecule has 5 nitrogen and oxygen atoms in total. The maximum absolute atomic E-state index is 12.3. The van der Waals surface area contributed by atoms with E-state index in [2.05, 4.69) is 38.9 Å². The predicted octanol–water partition coefficient (Wildman–Crippen LogP) is 1.34. The molecule has 0 saturated heterocycles. The molecule has 0 amide bonds. The third kappa shape index (κ3) is 2.43. The van der Waals surface area contributed by atoms with Gasteiger partial charge in [-0.3, -0.25) is 0 Å². The van der Waals surface area contributed by atoms with Crippen LogP contribution in [0.25, 0.3) is 0 Å². The van der Waals surface area contributed by atoms with Crippen LogP contribution in [0.3, 0.4) is 0 Å². The Morgan fingerprint density at radius 2 is 1.83 bits per heavy atom. The van der Waals surface area contributed by atoms with Gasteiger partial charge in [0.1, 0.15) is 0 Å². The van der Waals surface area contributed by atoms with Gasteiger partial charge in [-0.15, -0.1) is 3.98 Å². The van der Waals surface area contributed by atoms with Crippen LogP contribution in [0.4, 0.5) is 0 Å². The summed E-state index contributed by atoms with van der Waals surface area (Å²) >= 11 is 0. The lowest BCUT2D eigenvalue weighted by Gasteiger charge is -2.32. The summed E-state index contributed by atoms with van der Waals surface area (Å²) in [6, 6.07) is 0. The van der Waals surface area contributed by atoms with E-state index in [0.29, 0.717) is 6.54 Å². The highest BCUT2D eigenvalue weighted by molar-refractivity contribution is 7.83. The Morgan fingerprint density at radius 3 is 2.22 bits per heavy atom. The van der Waals surface area contributed by atoms with Crippen molar-refractivity contribution < 1.29 is 12.4 Å². The van der Waals surface area contributed by atoms with Crippen molar-refractivity contribution in [1.82, 2.24) is 4.31 Å². The van der Waals surface area contributed by atoms with Crippen LogP contribution in [0.5, 0.6) is 0 Å². The zero-order valence-electron chi connectivity index (χ0n) is 12.4. The fourth-order valence-electron chi connectivity index (χ4n) is 1.56. The van der Waals surface area contributed by atoms with Crippen molar-refractivity contribution in [3.63, 3.8) is 0 Å². The topological polar surface area (TPSA) is 52.8 Å². The van der Waals surface area contributed by atoms with Gasteiger partial charge >= 0.3 is 10.2 Å². The van der Waals surface area contributed by atoms with Gasteiger partial charge in [-0.1, -0.05) is 38.9 Å². The second-order valence-electron chi connectivity index (χ2n) is 6.33. The quantitative estimate of drug-likeness (QED) is 0.582. The van der Waals surface area contributed by atoms with E-state index in [9.17, 15) is 8.42 Å². The van der Waals surface area contributed by atoms with Crippen molar-refractivity contribution in [3.8, 4) is 0 Å². The summed E-state index contributed by atoms with van der Waals surface area (Å²) < 4.78 is 27.3. The van der Waals surface area contributed by atoms with Gasteiger partial charge in [0.05, 0.1) is 0 Å². The molecule has 104 valence electrons. The Hall–Kier alpha value is -0.533. The molecule has 7 heteroatoms. The van der Waals surface area contributed by atoms with Gasteiger partial charge in [-0.25, -0.2) is 0 Å². The van der Waals surface area contributed by atoms with Crippen LogP contribution in [0.1, 0.15) is 20.8 Å². The zero-order valence-corrected chi connectivity index (χ0v) is 14.2. The number of hydrogen-bond donors (Lipinski definition) is 0. The fraction of sp³-hybridized carbons (Fsp3) is 0.818. The van der Waals surface area contributed by atoms with Gasteiger partial charge < -0.3 is 0 Å². The van der Waals surface area contributed by atoms with E-state index in [1.165, 1.54) is 8.29 Å². The summed E-state index contributed by atoms with van der Waals surface area (Å²) in [6.07, 6.45) is 1.69. The summed E-state index contributed by atoms with van der Waals surface area (Å²) in [5.41, 5.74) is 0.753. The molecule has 1 heterocycles. The van der Waals surface area contributed by atoms with Crippen LogP contribution >= 0.6 is 0 Å². The average molecular weight is 290 g/mol. The molecule has 0 aromatic rings. The van der Waals surface area contributed by atoms with Crippen LogP contribution in [-0.2, 0) is 10.2 Å². The molecular weight excluding hydrogens is 266 g/mol. The molecule has 0 atom stereocenters. The van der Waals surface area contributed by atoms with Crippen LogP contribution in [-0.4, -0.2) is 57.1 Å². The summed E-state index contributed by atoms with van der Waals surface area (Å²) in [7, 11) is -2.28. The number of rotatable bonds is 3. The van der Waals surface area contributed by atoms with Gasteiger partial charge in [0.15, 0.2) is 20.8 Å². The predicted molar refractivity (Wildman–Crippen MR) is 78.4 cm³/mol. The minimum atomic E-state index is -3.43. The lowest BCUT2D eigenvalue weighted by Crippen LogP contribution is -2.50. The van der Waals surface area contributed by atoms with E-state index in [-0.39, 0.29) is 5.04 Å². The van der Waals surface area contributed by atoms with Crippen LogP contribution in [0.2, 0.25) is 18.1 Å². The Balaban J connectivity index is 3.42. The standard InChI is InChI=1S/C11H24N3O2SSi/c1-11(2,3)18(6,7)10-12-8-9-14(10)17(15,16)13(4)5/h8H,9H2,1-7H3/q+1. The van der Waals surface area contributed by atoms with Crippen molar-refractivity contribution in [2.75, 3.05) is 20.6 Å². The monoisotopic (exact) mass is 290 g/mol. The van der Waals surface area contributed by atoms with Crippen molar-refractivity contribution >= 4 is 30.0 Å². The Bertz CT molecular complexity index is 499. The number of aliphatic imine (C=N–C) groups is 1. The van der Waals surface area contributed by atoms with Crippen LogP contribution < -0.4 is 0 Å². The second kappa shape index (κ2) is 4.54. The van der Waals surface area contributed by atoms with Crippen molar-refractivity contribution in [1.29, 1.82) is 0 Å². The first-order valence-corrected chi connectivity index (χ1v) is 10.4. The molecule has 0 unspecified atom stereocenters. The molecule has 0 aromatic carbocycles. The molecule has 1 rings (SSSR count). The highest BCUT2D eigenvalue weighted by Crippen LogP contribution is 2.37. The van der Waals surface area contributed by atoms with E-state index >= 15 is 0 Å². The van der Waals surface area contributed by atoms with Gasteiger partial charge in [-0.2, -0.15) is 12.7 Å². The molecule has 18 heavy (non-hydrogen) atoms. The molecule has 1 aliphatic rings. The summed E-state index contributed by atoms with van der Waals surface area (Å²) in [5.74, 6) is 0. The van der Waals surface area contributed by atoms with Gasteiger partial charge in [0.2, 0.25) is 0 Å². The average Bonchev–Trinajstić information content (AvgIpc) is 2.64. The second-order valence-corrected chi connectivity index (χ2v) is 13.6. The maximum atomic E-state index is 12.3. The summed E-state index contributed by atoms with van der Waals surface area (Å²) in [6.45, 7) is 11.1. The number of amidine groups is 1. The van der Waals surface area contributed by atoms with E-state index in [1.54, 1.807) is 20.3 Å². The van der Waals surface area contributed by atoms with Gasteiger partial charge in [0, 0.05) is 14.1 Å². The Kier molecular flexibility index (Phi) is 3.91. The van der Waals surface area contributed by atoms with E-state index in [4.69, 9.17) is 0 Å². The minimum absolute atomic E-state index is 0.0596. The molecule has 0 aliphatic carbocycles. The molecule has 0 saturated carbocycles. The van der Waals surface area contributed by atoms with Crippen molar-refractivity contribution in [2.24, 2.45) is 4.99 Å². The molecule has 0 bridgehead atoms. The third-order valence-corrected chi connectivity index (χ3v) is 11.1. The highest BCUT2D eigenvalue weighted by Gasteiger charge is 2.50. The lowest BCUT2D eigenvalue weighted by molar-refractivity contribution is -0.345. The number of nitrogens with zero attached hydrogens (tertiary/aromatic N) is 3. The lowest BCUT2D eigenvalue weighted by atomic mass is 10.2. The van der Waals surface area contributed by atoms with Gasteiger partial charge in [0.25, 0.3) is 5.46 Å². The Labute approximate surface area is 111 Å². The highest BCUT2D eigenvalue weighted by atomic mass is 32.2. The molecule has 0 N–H and O–H groups in total. The first-order valence-electron chi connectivity index (χ1n) is 6.02. The first kappa shape index (κ1) is 15.5. The molecule has 0 aromatic heterocycles. The summed E-state index contributed by atoms with van der Waals surface area (Å²) in [5, 5.41) is 0.0596. The first-order chi connectivity index (χ1) is 7.92. The SMILES string of the molecule is CN(C)S(=O)(=O)[N+]1=C([Si](C)(C)C(C)(C)C)N=CC1. The van der Waals surface area contributed by atoms with Crippen LogP contribution in [0, 0.1) is 0 Å². The fourth-order valence-corrected chi connectivity index (χ4v) is 5.31. The Morgan fingerprint density at radius 1 is 1.33 bits per heavy atom. The van der Waals surface area contributed by atoms with E-state index in [1.807, 2.05) is 0 Å². The summed E-state index contributed by atoms with van der Waals surface area (Å²) in [4.78, 5) is 4.38. The van der Waals surface area contributed by atoms with E-state index < -0.39 is 18.3 Å². The van der Waals surface area contributed by atoms with Crippen molar-refractivity contribution in [3.05, 3.63) is 0 Å². The largest absolute Gasteiger partial charge is 0.375 e. The molecular formula is C11H24N3O2SSi+. The zero-order chi connectivity index (χ0) is 14.4. The van der Waals surface area contributed by atoms with Gasteiger partial charge in [-0.05, 0) is 5.04 Å². The smallest absolute Gasteiger partial charge is 0.172 e. The van der Waals surface area contributed by atoms with E-state index in [0.717, 1.165) is 5.46 Å². The minimum Gasteiger partial charge on any atom is -0.172 e. The molecule has 0 fully saturated rings.